The molecule has 0 bridgehead atoms. The zero-order valence-electron chi connectivity index (χ0n) is 8.69. The molecular weight excluding hydrogens is 184 g/mol. The Labute approximate surface area is 83.8 Å². The van der Waals surface area contributed by atoms with Crippen LogP contribution in [0.5, 0.6) is 0 Å². The Balaban J connectivity index is 2.30. The summed E-state index contributed by atoms with van der Waals surface area (Å²) in [5.74, 6) is -0.00572. The molecule has 1 heterocycles. The number of nitrogens with two attached hydrogens (primary N) is 1. The average Bonchev–Trinajstić information content (AvgIpc) is 2.09. The van der Waals surface area contributed by atoms with Crippen molar-refractivity contribution in [1.82, 2.24) is 4.90 Å². The van der Waals surface area contributed by atoms with Crippen molar-refractivity contribution < 1.29 is 14.6 Å². The van der Waals surface area contributed by atoms with E-state index in [9.17, 15) is 9.90 Å². The number of ether oxygens (including phenoxy) is 1. The maximum Gasteiger partial charge on any atom is 0.225 e. The highest BCUT2D eigenvalue weighted by Crippen LogP contribution is 2.20. The predicted octanol–water partition coefficient (Wildman–Crippen LogP) is -1.06. The molecular formula is C9H18N2O3. The van der Waals surface area contributed by atoms with Crippen LogP contribution < -0.4 is 5.73 Å². The lowest BCUT2D eigenvalue weighted by molar-refractivity contribution is -0.154. The van der Waals surface area contributed by atoms with Crippen LogP contribution in [0.15, 0.2) is 0 Å². The van der Waals surface area contributed by atoms with Gasteiger partial charge in [0.15, 0.2) is 0 Å². The van der Waals surface area contributed by atoms with Gasteiger partial charge in [-0.05, 0) is 6.92 Å². The number of carbonyl (C=O) groups excluding carboxylic acids is 1. The number of methoxy groups -OCH3 is 1. The van der Waals surface area contributed by atoms with E-state index in [2.05, 4.69) is 0 Å². The number of nitrogens with zero attached hydrogens (tertiary/aromatic N) is 1. The summed E-state index contributed by atoms with van der Waals surface area (Å²) >= 11 is 0. The highest BCUT2D eigenvalue weighted by Gasteiger charge is 2.39. The van der Waals surface area contributed by atoms with E-state index >= 15 is 0 Å². The van der Waals surface area contributed by atoms with Crippen molar-refractivity contribution in [2.24, 2.45) is 5.73 Å². The number of hydrogen-bond acceptors (Lipinski definition) is 4. The summed E-state index contributed by atoms with van der Waals surface area (Å²) < 4.78 is 5.01. The van der Waals surface area contributed by atoms with Crippen LogP contribution in [0.25, 0.3) is 0 Å². The fraction of sp³-hybridized carbons (Fsp3) is 0.889. The van der Waals surface area contributed by atoms with Gasteiger partial charge in [0.05, 0.1) is 31.2 Å². The first kappa shape index (κ1) is 11.4. The van der Waals surface area contributed by atoms with Gasteiger partial charge in [-0.1, -0.05) is 0 Å². The van der Waals surface area contributed by atoms with Crippen molar-refractivity contribution in [3.05, 3.63) is 0 Å². The molecule has 0 aliphatic carbocycles. The minimum Gasteiger partial charge on any atom is -0.386 e. The Kier molecular flexibility index (Phi) is 3.47. The van der Waals surface area contributed by atoms with Crippen molar-refractivity contribution in [2.45, 2.75) is 25.0 Å². The molecule has 1 atom stereocenters. The third-order valence-corrected chi connectivity index (χ3v) is 2.41. The van der Waals surface area contributed by atoms with Crippen LogP contribution in [0.3, 0.4) is 0 Å². The topological polar surface area (TPSA) is 75.8 Å². The maximum absolute atomic E-state index is 11.5. The lowest BCUT2D eigenvalue weighted by atomic mass is 9.96. The van der Waals surface area contributed by atoms with Crippen molar-refractivity contribution in [3.8, 4) is 0 Å². The number of amides is 1. The van der Waals surface area contributed by atoms with Gasteiger partial charge in [0.25, 0.3) is 0 Å². The minimum atomic E-state index is -0.707. The molecule has 0 radical (unpaired) electrons. The van der Waals surface area contributed by atoms with Gasteiger partial charge in [0.2, 0.25) is 5.91 Å². The van der Waals surface area contributed by atoms with Gasteiger partial charge in [-0.25, -0.2) is 0 Å². The molecule has 82 valence electrons. The molecule has 0 aromatic rings. The SMILES string of the molecule is COC(CN)CC(=O)N1CC(C)(O)C1. The highest BCUT2D eigenvalue weighted by molar-refractivity contribution is 5.77. The van der Waals surface area contributed by atoms with Crippen LogP contribution in [-0.4, -0.2) is 54.4 Å². The van der Waals surface area contributed by atoms with Crippen molar-refractivity contribution >= 4 is 5.91 Å². The van der Waals surface area contributed by atoms with Gasteiger partial charge in [-0.2, -0.15) is 0 Å². The van der Waals surface area contributed by atoms with Gasteiger partial charge < -0.3 is 20.5 Å². The van der Waals surface area contributed by atoms with E-state index < -0.39 is 5.60 Å². The van der Waals surface area contributed by atoms with E-state index in [-0.39, 0.29) is 12.0 Å². The monoisotopic (exact) mass is 202 g/mol. The van der Waals surface area contributed by atoms with Gasteiger partial charge in [-0.3, -0.25) is 4.79 Å². The maximum atomic E-state index is 11.5. The molecule has 0 saturated carbocycles. The molecule has 1 aliphatic rings. The standard InChI is InChI=1S/C9H18N2O3/c1-9(13)5-11(6-9)8(12)3-7(4-10)14-2/h7,13H,3-6,10H2,1-2H3. The number of carbonyl (C=O) groups is 1. The van der Waals surface area contributed by atoms with E-state index in [1.165, 1.54) is 7.11 Å². The lowest BCUT2D eigenvalue weighted by Crippen LogP contribution is -2.62. The molecule has 1 saturated heterocycles. The second kappa shape index (κ2) is 4.25. The Hall–Kier alpha value is -0.650. The minimum absolute atomic E-state index is 0.00572. The first-order valence-corrected chi connectivity index (χ1v) is 4.71. The lowest BCUT2D eigenvalue weighted by Gasteiger charge is -2.44. The average molecular weight is 202 g/mol. The third kappa shape index (κ3) is 2.67. The summed E-state index contributed by atoms with van der Waals surface area (Å²) in [7, 11) is 1.54. The molecule has 14 heavy (non-hydrogen) atoms. The van der Waals surface area contributed by atoms with E-state index in [4.69, 9.17) is 10.5 Å². The summed E-state index contributed by atoms with van der Waals surface area (Å²) in [6.07, 6.45) is 0.0800. The van der Waals surface area contributed by atoms with Crippen LogP contribution in [0.4, 0.5) is 0 Å². The fourth-order valence-electron chi connectivity index (χ4n) is 1.54. The number of aliphatic hydroxyl groups is 1. The summed E-state index contributed by atoms with van der Waals surface area (Å²) in [6, 6.07) is 0. The zero-order valence-corrected chi connectivity index (χ0v) is 8.69. The normalized spacial score (nSPS) is 21.6. The molecule has 5 heteroatoms. The first-order valence-electron chi connectivity index (χ1n) is 4.71. The molecule has 1 rings (SSSR count). The second-order valence-electron chi connectivity index (χ2n) is 4.04. The Bertz CT molecular complexity index is 206. The van der Waals surface area contributed by atoms with E-state index in [1.807, 2.05) is 0 Å². The van der Waals surface area contributed by atoms with Gasteiger partial charge in [0.1, 0.15) is 0 Å². The van der Waals surface area contributed by atoms with E-state index in [0.29, 0.717) is 26.1 Å². The molecule has 1 aliphatic heterocycles. The number of hydrogen-bond donors (Lipinski definition) is 2. The smallest absolute Gasteiger partial charge is 0.225 e. The van der Waals surface area contributed by atoms with Gasteiger partial charge in [0, 0.05) is 13.7 Å². The molecule has 5 nitrogen and oxygen atoms in total. The van der Waals surface area contributed by atoms with Crippen molar-refractivity contribution in [2.75, 3.05) is 26.7 Å². The van der Waals surface area contributed by atoms with Crippen molar-refractivity contribution in [1.29, 1.82) is 0 Å². The molecule has 0 aromatic heterocycles. The van der Waals surface area contributed by atoms with Gasteiger partial charge >= 0.3 is 0 Å². The quantitative estimate of drug-likeness (QED) is 0.609. The zero-order chi connectivity index (χ0) is 10.8. The third-order valence-electron chi connectivity index (χ3n) is 2.41. The number of β-amino-alcohol motifs (C(OH)–C–C–N with tert-alkyl or cyclic N) is 1. The highest BCUT2D eigenvalue weighted by atomic mass is 16.5. The molecule has 1 unspecified atom stereocenters. The summed E-state index contributed by atoms with van der Waals surface area (Å²) in [6.45, 7) is 2.87. The van der Waals surface area contributed by atoms with Gasteiger partial charge in [-0.15, -0.1) is 0 Å². The second-order valence-corrected chi connectivity index (χ2v) is 4.04. The van der Waals surface area contributed by atoms with E-state index in [0.717, 1.165) is 0 Å². The Morgan fingerprint density at radius 1 is 1.71 bits per heavy atom. The Morgan fingerprint density at radius 3 is 2.64 bits per heavy atom. The molecule has 1 amide bonds. The van der Waals surface area contributed by atoms with Crippen LogP contribution >= 0.6 is 0 Å². The summed E-state index contributed by atoms with van der Waals surface area (Å²) in [4.78, 5) is 13.1. The van der Waals surface area contributed by atoms with Crippen LogP contribution in [0, 0.1) is 0 Å². The first-order chi connectivity index (χ1) is 6.48. The Morgan fingerprint density at radius 2 is 2.29 bits per heavy atom. The largest absolute Gasteiger partial charge is 0.386 e. The van der Waals surface area contributed by atoms with Crippen molar-refractivity contribution in [3.63, 3.8) is 0 Å². The van der Waals surface area contributed by atoms with E-state index in [1.54, 1.807) is 11.8 Å². The number of likely N-dealkylation sites (tertiary alicyclic amines) is 1. The fourth-order valence-corrected chi connectivity index (χ4v) is 1.54. The predicted molar refractivity (Wildman–Crippen MR) is 51.7 cm³/mol. The van der Waals surface area contributed by atoms with Crippen LogP contribution in [-0.2, 0) is 9.53 Å². The van der Waals surface area contributed by atoms with Crippen LogP contribution in [0.2, 0.25) is 0 Å². The molecule has 0 aromatic carbocycles. The summed E-state index contributed by atoms with van der Waals surface area (Å²) in [5, 5.41) is 9.43. The molecule has 0 spiro atoms. The van der Waals surface area contributed by atoms with Crippen LogP contribution in [0.1, 0.15) is 13.3 Å². The number of rotatable bonds is 4. The molecule has 3 N–H and O–H groups in total. The molecule has 1 fully saturated rings. The summed E-state index contributed by atoms with van der Waals surface area (Å²) in [5.41, 5.74) is 4.69.